The van der Waals surface area contributed by atoms with E-state index in [0.29, 0.717) is 23.9 Å². The van der Waals surface area contributed by atoms with Crippen molar-refractivity contribution in [3.63, 3.8) is 0 Å². The second-order valence-electron chi connectivity index (χ2n) is 9.67. The van der Waals surface area contributed by atoms with Crippen molar-refractivity contribution in [2.45, 2.75) is 77.0 Å². The van der Waals surface area contributed by atoms with Crippen LogP contribution in [0, 0.1) is 5.92 Å². The molecule has 0 heterocycles. The number of carbonyl (C=O) groups is 2. The van der Waals surface area contributed by atoms with E-state index >= 15 is 0 Å². The summed E-state index contributed by atoms with van der Waals surface area (Å²) in [6, 6.07) is 7.51. The first-order valence-electron chi connectivity index (χ1n) is 12.9. The van der Waals surface area contributed by atoms with Gasteiger partial charge in [-0.3, -0.25) is 0 Å². The van der Waals surface area contributed by atoms with Crippen LogP contribution in [0.1, 0.15) is 70.5 Å². The van der Waals surface area contributed by atoms with Crippen molar-refractivity contribution in [1.29, 1.82) is 0 Å². The lowest BCUT2D eigenvalue weighted by atomic mass is 9.85. The van der Waals surface area contributed by atoms with Crippen LogP contribution in [-0.4, -0.2) is 67.5 Å². The standard InChI is InChI=1S/C26H43ClN4O4/c1-19(2)31(25(32)30-23(18-28-3)16-20-8-5-4-6-9-20)14-12-24(35-15-13-29-26(33)34)21-10-7-11-22(27)17-21/h7,10-11,17,19-20,23-24,28-29H,4-6,8-9,12-16,18H2,1-3H3,(H,30,32)(H,33,34)/t23-,24+/m0/s1. The highest BCUT2D eigenvalue weighted by molar-refractivity contribution is 6.30. The Morgan fingerprint density at radius 2 is 1.97 bits per heavy atom. The van der Waals surface area contributed by atoms with Gasteiger partial charge in [0.05, 0.1) is 12.7 Å². The third-order valence-electron chi connectivity index (χ3n) is 6.55. The fourth-order valence-electron chi connectivity index (χ4n) is 4.79. The summed E-state index contributed by atoms with van der Waals surface area (Å²) >= 11 is 6.20. The maximum absolute atomic E-state index is 13.3. The minimum absolute atomic E-state index is 0.0219. The number of nitrogens with zero attached hydrogens (tertiary/aromatic N) is 1. The third kappa shape index (κ3) is 11.1. The molecule has 1 saturated carbocycles. The van der Waals surface area contributed by atoms with Gasteiger partial charge in [0.25, 0.3) is 0 Å². The minimum atomic E-state index is -1.08. The molecule has 1 aromatic carbocycles. The van der Waals surface area contributed by atoms with Gasteiger partial charge in [-0.1, -0.05) is 55.8 Å². The van der Waals surface area contributed by atoms with E-state index in [1.165, 1.54) is 32.1 Å². The maximum atomic E-state index is 13.3. The van der Waals surface area contributed by atoms with Crippen LogP contribution in [0.15, 0.2) is 24.3 Å². The number of benzene rings is 1. The number of likely N-dealkylation sites (N-methyl/N-ethyl adjacent to an activating group) is 1. The van der Waals surface area contributed by atoms with Crippen LogP contribution in [0.25, 0.3) is 0 Å². The molecule has 3 amide bonds. The Bertz CT molecular complexity index is 773. The molecule has 1 fully saturated rings. The summed E-state index contributed by atoms with van der Waals surface area (Å²) in [6.45, 7) is 5.69. The van der Waals surface area contributed by atoms with Gasteiger partial charge in [-0.2, -0.15) is 0 Å². The first-order valence-corrected chi connectivity index (χ1v) is 13.2. The van der Waals surface area contributed by atoms with Crippen LogP contribution in [-0.2, 0) is 4.74 Å². The van der Waals surface area contributed by atoms with Gasteiger partial charge in [-0.15, -0.1) is 0 Å². The van der Waals surface area contributed by atoms with Crippen LogP contribution in [0.5, 0.6) is 0 Å². The van der Waals surface area contributed by atoms with E-state index in [-0.39, 0.29) is 37.4 Å². The van der Waals surface area contributed by atoms with Crippen molar-refractivity contribution in [3.8, 4) is 0 Å². The molecule has 2 rings (SSSR count). The van der Waals surface area contributed by atoms with Gasteiger partial charge < -0.3 is 30.7 Å². The van der Waals surface area contributed by atoms with Gasteiger partial charge in [0, 0.05) is 36.7 Å². The number of ether oxygens (including phenoxy) is 1. The number of amides is 3. The highest BCUT2D eigenvalue weighted by Gasteiger charge is 2.25. The lowest BCUT2D eigenvalue weighted by Crippen LogP contribution is -2.51. The zero-order chi connectivity index (χ0) is 25.6. The average Bonchev–Trinajstić information content (AvgIpc) is 2.81. The summed E-state index contributed by atoms with van der Waals surface area (Å²) in [7, 11) is 1.92. The zero-order valence-corrected chi connectivity index (χ0v) is 22.2. The minimum Gasteiger partial charge on any atom is -0.465 e. The summed E-state index contributed by atoms with van der Waals surface area (Å²) in [5, 5.41) is 18.2. The monoisotopic (exact) mass is 510 g/mol. The summed E-state index contributed by atoms with van der Waals surface area (Å²) in [4.78, 5) is 25.9. The molecular formula is C26H43ClN4O4. The molecule has 0 spiro atoms. The van der Waals surface area contributed by atoms with Crippen molar-refractivity contribution in [3.05, 3.63) is 34.9 Å². The van der Waals surface area contributed by atoms with E-state index in [1.54, 1.807) is 6.07 Å². The van der Waals surface area contributed by atoms with Gasteiger partial charge in [-0.05, 0) is 57.4 Å². The highest BCUT2D eigenvalue weighted by atomic mass is 35.5. The first kappa shape index (κ1) is 29.2. The second kappa shape index (κ2) is 15.9. The molecule has 8 nitrogen and oxygen atoms in total. The van der Waals surface area contributed by atoms with Crippen LogP contribution < -0.4 is 16.0 Å². The zero-order valence-electron chi connectivity index (χ0n) is 21.4. The van der Waals surface area contributed by atoms with Gasteiger partial charge >= 0.3 is 12.1 Å². The van der Waals surface area contributed by atoms with Gasteiger partial charge in [0.15, 0.2) is 0 Å². The molecule has 1 aliphatic rings. The van der Waals surface area contributed by atoms with Gasteiger partial charge in [-0.25, -0.2) is 9.59 Å². The van der Waals surface area contributed by atoms with Gasteiger partial charge in [0.2, 0.25) is 0 Å². The van der Waals surface area contributed by atoms with E-state index in [0.717, 1.165) is 18.5 Å². The summed E-state index contributed by atoms with van der Waals surface area (Å²) < 4.78 is 6.01. The first-order chi connectivity index (χ1) is 16.8. The van der Waals surface area contributed by atoms with Crippen molar-refractivity contribution in [2.24, 2.45) is 5.92 Å². The molecule has 9 heteroatoms. The number of rotatable bonds is 14. The predicted octanol–water partition coefficient (Wildman–Crippen LogP) is 5.03. The molecule has 2 atom stereocenters. The Morgan fingerprint density at radius 3 is 2.60 bits per heavy atom. The molecule has 1 aliphatic carbocycles. The Kier molecular flexibility index (Phi) is 13.2. The molecular weight excluding hydrogens is 468 g/mol. The van der Waals surface area contributed by atoms with E-state index in [1.807, 2.05) is 44.0 Å². The number of urea groups is 1. The average molecular weight is 511 g/mol. The molecule has 0 saturated heterocycles. The van der Waals surface area contributed by atoms with Crippen molar-refractivity contribution >= 4 is 23.7 Å². The van der Waals surface area contributed by atoms with E-state index in [2.05, 4.69) is 16.0 Å². The lowest BCUT2D eigenvalue weighted by Gasteiger charge is -2.32. The molecule has 0 unspecified atom stereocenters. The van der Waals surface area contributed by atoms with Crippen LogP contribution >= 0.6 is 11.6 Å². The highest BCUT2D eigenvalue weighted by Crippen LogP contribution is 2.28. The predicted molar refractivity (Wildman–Crippen MR) is 140 cm³/mol. The fourth-order valence-corrected chi connectivity index (χ4v) is 4.98. The van der Waals surface area contributed by atoms with E-state index in [4.69, 9.17) is 21.4 Å². The smallest absolute Gasteiger partial charge is 0.404 e. The Balaban J connectivity index is 2.01. The molecule has 35 heavy (non-hydrogen) atoms. The van der Waals surface area contributed by atoms with Crippen molar-refractivity contribution < 1.29 is 19.4 Å². The number of nitrogens with one attached hydrogen (secondary N) is 3. The number of carboxylic acid groups (broad SMARTS) is 1. The molecule has 0 radical (unpaired) electrons. The van der Waals surface area contributed by atoms with Crippen LogP contribution in [0.4, 0.5) is 9.59 Å². The van der Waals surface area contributed by atoms with E-state index in [9.17, 15) is 9.59 Å². The quantitative estimate of drug-likeness (QED) is 0.263. The van der Waals surface area contributed by atoms with Crippen LogP contribution in [0.3, 0.4) is 0 Å². The molecule has 0 bridgehead atoms. The summed E-state index contributed by atoms with van der Waals surface area (Å²) in [6.07, 6.45) is 6.57. The van der Waals surface area contributed by atoms with Crippen LogP contribution in [0.2, 0.25) is 5.02 Å². The van der Waals surface area contributed by atoms with Gasteiger partial charge in [0.1, 0.15) is 0 Å². The topological polar surface area (TPSA) is 103 Å². The third-order valence-corrected chi connectivity index (χ3v) is 6.79. The summed E-state index contributed by atoms with van der Waals surface area (Å²) in [5.74, 6) is 0.676. The number of hydrogen-bond acceptors (Lipinski definition) is 4. The normalized spacial score (nSPS) is 16.0. The maximum Gasteiger partial charge on any atom is 0.404 e. The SMILES string of the molecule is CNC[C@H](CC1CCCCC1)NC(=O)N(CC[C@@H](OCCNC(=O)O)c1cccc(Cl)c1)C(C)C. The Labute approximate surface area is 215 Å². The Hall–Kier alpha value is -2.03. The molecule has 1 aromatic rings. The number of hydrogen-bond donors (Lipinski definition) is 4. The molecule has 0 aliphatic heterocycles. The molecule has 4 N–H and O–H groups in total. The Morgan fingerprint density at radius 1 is 1.23 bits per heavy atom. The second-order valence-corrected chi connectivity index (χ2v) is 10.1. The fraction of sp³-hybridized carbons (Fsp3) is 0.692. The number of halogens is 1. The molecule has 198 valence electrons. The largest absolute Gasteiger partial charge is 0.465 e. The lowest BCUT2D eigenvalue weighted by molar-refractivity contribution is 0.0412. The van der Waals surface area contributed by atoms with Crippen molar-refractivity contribution in [1.82, 2.24) is 20.9 Å². The van der Waals surface area contributed by atoms with E-state index < -0.39 is 6.09 Å². The van der Waals surface area contributed by atoms with Crippen molar-refractivity contribution in [2.75, 3.05) is 33.3 Å². The summed E-state index contributed by atoms with van der Waals surface area (Å²) in [5.41, 5.74) is 0.905. The molecule has 0 aromatic heterocycles. The number of carbonyl (C=O) groups excluding carboxylic acids is 1.